The van der Waals surface area contributed by atoms with Gasteiger partial charge in [-0.25, -0.2) is 4.39 Å². The number of thioether (sulfide) groups is 1. The Labute approximate surface area is 219 Å². The highest BCUT2D eigenvalue weighted by molar-refractivity contribution is 8.02. The number of carbonyl (C=O) groups excluding carboxylic acids is 2. The number of piperazine rings is 1. The van der Waals surface area contributed by atoms with E-state index in [9.17, 15) is 14.0 Å². The quantitative estimate of drug-likeness (QED) is 0.511. The Morgan fingerprint density at radius 3 is 2.27 bits per heavy atom. The monoisotopic (exact) mass is 518 g/mol. The molecule has 3 aromatic carbocycles. The van der Waals surface area contributed by atoms with Gasteiger partial charge in [0.05, 0.1) is 25.2 Å². The van der Waals surface area contributed by atoms with Gasteiger partial charge in [-0.2, -0.15) is 0 Å². The molecule has 0 saturated carbocycles. The molecular formula is C28H27FN4O3S. The fraction of sp³-hybridized carbons (Fsp3) is 0.286. The standard InChI is InChI=1S/C28H27FN4O3S/c1-36-23-12-10-22(11-13-23)33-26(34)18-37-28(33)24-4-2-3-5-25(24)32(27(28)35)19-30-14-16-31(17-15-30)21-8-6-20(29)7-9-21/h2-13H,14-19H2,1H3/t28-/m0/s1. The lowest BCUT2D eigenvalue weighted by Crippen LogP contribution is -2.54. The number of hydrogen-bond donors (Lipinski definition) is 0. The van der Waals surface area contributed by atoms with Gasteiger partial charge >= 0.3 is 0 Å². The lowest BCUT2D eigenvalue weighted by atomic mass is 10.0. The van der Waals surface area contributed by atoms with Crippen molar-refractivity contribution < 1.29 is 18.7 Å². The molecule has 2 saturated heterocycles. The van der Waals surface area contributed by atoms with E-state index in [0.717, 1.165) is 43.1 Å². The summed E-state index contributed by atoms with van der Waals surface area (Å²) in [6.07, 6.45) is 0. The highest BCUT2D eigenvalue weighted by Crippen LogP contribution is 2.55. The summed E-state index contributed by atoms with van der Waals surface area (Å²) in [4.78, 5) is 34.3. The molecular weight excluding hydrogens is 491 g/mol. The predicted octanol–water partition coefficient (Wildman–Crippen LogP) is 3.89. The minimum absolute atomic E-state index is 0.0897. The summed E-state index contributed by atoms with van der Waals surface area (Å²) in [5.41, 5.74) is 3.36. The number of methoxy groups -OCH3 is 1. The third kappa shape index (κ3) is 3.93. The first kappa shape index (κ1) is 23.8. The number of fused-ring (bicyclic) bond motifs is 2. The van der Waals surface area contributed by atoms with Crippen molar-refractivity contribution in [3.63, 3.8) is 0 Å². The highest BCUT2D eigenvalue weighted by Gasteiger charge is 2.61. The van der Waals surface area contributed by atoms with Crippen LogP contribution in [0.25, 0.3) is 0 Å². The summed E-state index contributed by atoms with van der Waals surface area (Å²) in [5.74, 6) is 0.497. The van der Waals surface area contributed by atoms with Crippen LogP contribution in [0.15, 0.2) is 72.8 Å². The van der Waals surface area contributed by atoms with E-state index < -0.39 is 4.87 Å². The van der Waals surface area contributed by atoms with Gasteiger partial charge in [-0.1, -0.05) is 18.2 Å². The second-order valence-corrected chi connectivity index (χ2v) is 10.5. The van der Waals surface area contributed by atoms with Crippen molar-refractivity contribution in [1.82, 2.24) is 4.90 Å². The molecule has 2 fully saturated rings. The maximum absolute atomic E-state index is 14.2. The molecule has 0 aliphatic carbocycles. The van der Waals surface area contributed by atoms with E-state index in [-0.39, 0.29) is 23.4 Å². The summed E-state index contributed by atoms with van der Waals surface area (Å²) in [6, 6.07) is 21.6. The van der Waals surface area contributed by atoms with Crippen molar-refractivity contribution in [3.05, 3.63) is 84.2 Å². The maximum Gasteiger partial charge on any atom is 0.269 e. The molecule has 7 nitrogen and oxygen atoms in total. The molecule has 0 N–H and O–H groups in total. The van der Waals surface area contributed by atoms with Crippen molar-refractivity contribution in [2.24, 2.45) is 0 Å². The molecule has 0 unspecified atom stereocenters. The molecule has 3 aliphatic rings. The molecule has 6 rings (SSSR count). The first-order chi connectivity index (χ1) is 18.0. The van der Waals surface area contributed by atoms with Crippen molar-refractivity contribution in [1.29, 1.82) is 0 Å². The molecule has 3 aromatic rings. The van der Waals surface area contributed by atoms with Gasteiger partial charge in [-0.05, 0) is 54.6 Å². The van der Waals surface area contributed by atoms with Crippen molar-refractivity contribution in [2.45, 2.75) is 4.87 Å². The van der Waals surface area contributed by atoms with Crippen LogP contribution in [0.2, 0.25) is 0 Å². The molecule has 190 valence electrons. The SMILES string of the molecule is COc1ccc(N2C(=O)CS[C@@]23C(=O)N(CN2CCN(c4ccc(F)cc4)CC2)c2ccccc23)cc1. The Hall–Kier alpha value is -3.56. The molecule has 2 amide bonds. The number of hydrogen-bond acceptors (Lipinski definition) is 6. The van der Waals surface area contributed by atoms with E-state index >= 15 is 0 Å². The largest absolute Gasteiger partial charge is 0.497 e. The van der Waals surface area contributed by atoms with Crippen LogP contribution in [-0.4, -0.2) is 62.4 Å². The second kappa shape index (κ2) is 9.39. The van der Waals surface area contributed by atoms with Gasteiger partial charge in [0.25, 0.3) is 5.91 Å². The number of benzene rings is 3. The molecule has 37 heavy (non-hydrogen) atoms. The van der Waals surface area contributed by atoms with Crippen LogP contribution < -0.4 is 19.4 Å². The topological polar surface area (TPSA) is 56.3 Å². The summed E-state index contributed by atoms with van der Waals surface area (Å²) < 4.78 is 18.6. The van der Waals surface area contributed by atoms with E-state index in [1.165, 1.54) is 23.9 Å². The van der Waals surface area contributed by atoms with Gasteiger partial charge in [0.2, 0.25) is 10.8 Å². The van der Waals surface area contributed by atoms with Crippen LogP contribution in [0.5, 0.6) is 5.75 Å². The first-order valence-corrected chi connectivity index (χ1v) is 13.3. The zero-order valence-corrected chi connectivity index (χ0v) is 21.3. The van der Waals surface area contributed by atoms with Gasteiger partial charge in [-0.15, -0.1) is 11.8 Å². The van der Waals surface area contributed by atoms with E-state index in [1.54, 1.807) is 24.1 Å². The van der Waals surface area contributed by atoms with Crippen LogP contribution in [0.4, 0.5) is 21.5 Å². The van der Waals surface area contributed by atoms with Crippen molar-refractivity contribution in [2.75, 3.05) is 60.4 Å². The predicted molar refractivity (Wildman–Crippen MR) is 144 cm³/mol. The van der Waals surface area contributed by atoms with E-state index in [2.05, 4.69) is 9.80 Å². The number of nitrogens with zero attached hydrogens (tertiary/aromatic N) is 4. The number of rotatable bonds is 5. The fourth-order valence-electron chi connectivity index (χ4n) is 5.43. The molecule has 9 heteroatoms. The fourth-order valence-corrected chi connectivity index (χ4v) is 6.79. The normalized spacial score (nSPS) is 21.7. The van der Waals surface area contributed by atoms with E-state index in [4.69, 9.17) is 4.74 Å². The first-order valence-electron chi connectivity index (χ1n) is 12.3. The van der Waals surface area contributed by atoms with Crippen molar-refractivity contribution >= 4 is 40.6 Å². The number of para-hydroxylation sites is 1. The van der Waals surface area contributed by atoms with Gasteiger partial charge in [0.1, 0.15) is 11.6 Å². The molecule has 3 aliphatic heterocycles. The number of halogens is 1. The smallest absolute Gasteiger partial charge is 0.269 e. The third-order valence-electron chi connectivity index (χ3n) is 7.30. The zero-order chi connectivity index (χ0) is 25.6. The number of ether oxygens (including phenoxy) is 1. The van der Waals surface area contributed by atoms with Gasteiger partial charge in [0.15, 0.2) is 0 Å². The Balaban J connectivity index is 1.26. The summed E-state index contributed by atoms with van der Waals surface area (Å²) in [7, 11) is 1.60. The molecule has 0 aromatic heterocycles. The van der Waals surface area contributed by atoms with Gasteiger partial charge < -0.3 is 9.64 Å². The van der Waals surface area contributed by atoms with Crippen LogP contribution in [-0.2, 0) is 14.5 Å². The molecule has 0 radical (unpaired) electrons. The zero-order valence-electron chi connectivity index (χ0n) is 20.5. The number of amides is 2. The Morgan fingerprint density at radius 1 is 0.892 bits per heavy atom. The van der Waals surface area contributed by atoms with Crippen LogP contribution >= 0.6 is 11.8 Å². The van der Waals surface area contributed by atoms with Crippen LogP contribution in [0, 0.1) is 5.82 Å². The molecule has 1 spiro atoms. The number of anilines is 3. The maximum atomic E-state index is 14.2. The van der Waals surface area contributed by atoms with Gasteiger partial charge in [-0.3, -0.25) is 24.3 Å². The summed E-state index contributed by atoms with van der Waals surface area (Å²) >= 11 is 1.39. The molecule has 1 atom stereocenters. The molecule has 3 heterocycles. The van der Waals surface area contributed by atoms with Crippen LogP contribution in [0.1, 0.15) is 5.56 Å². The average molecular weight is 519 g/mol. The third-order valence-corrected chi connectivity index (χ3v) is 8.69. The second-order valence-electron chi connectivity index (χ2n) is 9.33. The Bertz CT molecular complexity index is 1330. The summed E-state index contributed by atoms with van der Waals surface area (Å²) in [6.45, 7) is 3.55. The minimum Gasteiger partial charge on any atom is -0.497 e. The minimum atomic E-state index is -1.13. The Kier molecular flexibility index (Phi) is 6.04. The van der Waals surface area contributed by atoms with Gasteiger partial charge in [0, 0.05) is 43.1 Å². The lowest BCUT2D eigenvalue weighted by molar-refractivity contribution is -0.124. The van der Waals surface area contributed by atoms with E-state index in [0.29, 0.717) is 18.1 Å². The molecule has 0 bridgehead atoms. The lowest BCUT2D eigenvalue weighted by Gasteiger charge is -2.38. The average Bonchev–Trinajstić information content (AvgIpc) is 3.40. The number of carbonyl (C=O) groups is 2. The highest BCUT2D eigenvalue weighted by atomic mass is 32.2. The Morgan fingerprint density at radius 2 is 1.57 bits per heavy atom. The van der Waals surface area contributed by atoms with Crippen molar-refractivity contribution in [3.8, 4) is 5.75 Å². The van der Waals surface area contributed by atoms with E-state index in [1.807, 2.05) is 53.4 Å². The van der Waals surface area contributed by atoms with Crippen LogP contribution in [0.3, 0.4) is 0 Å². The summed E-state index contributed by atoms with van der Waals surface area (Å²) in [5, 5.41) is 0.